The number of carbonyl (C=O) groups excluding carboxylic acids is 1. The molecule has 2 N–H and O–H groups in total. The van der Waals surface area contributed by atoms with E-state index in [9.17, 15) is 13.2 Å². The molecule has 1 unspecified atom stereocenters. The van der Waals surface area contributed by atoms with Crippen molar-refractivity contribution < 1.29 is 17.4 Å². The van der Waals surface area contributed by atoms with Crippen LogP contribution in [0.25, 0.3) is 5.57 Å². The van der Waals surface area contributed by atoms with E-state index in [0.717, 1.165) is 30.2 Å². The van der Waals surface area contributed by atoms with E-state index in [0.29, 0.717) is 32.8 Å². The summed E-state index contributed by atoms with van der Waals surface area (Å²) in [5.74, 6) is 0.314. The number of carbonyl (C=O) groups is 1. The molecule has 5 rings (SSSR count). The van der Waals surface area contributed by atoms with E-state index in [1.165, 1.54) is 18.4 Å². The Morgan fingerprint density at radius 2 is 1.77 bits per heavy atom. The van der Waals surface area contributed by atoms with E-state index in [1.807, 2.05) is 36.4 Å². The molecule has 0 fully saturated rings. The molecule has 10 nitrogen and oxygen atoms in total. The number of tetrazole rings is 1. The van der Waals surface area contributed by atoms with Gasteiger partial charge in [-0.3, -0.25) is 9.08 Å². The second kappa shape index (κ2) is 13.7. The molecule has 0 aliphatic heterocycles. The van der Waals surface area contributed by atoms with Gasteiger partial charge < -0.3 is 5.32 Å². The van der Waals surface area contributed by atoms with E-state index >= 15 is 0 Å². The van der Waals surface area contributed by atoms with Crippen molar-refractivity contribution in [1.29, 1.82) is 0 Å². The van der Waals surface area contributed by atoms with E-state index in [-0.39, 0.29) is 19.0 Å². The number of urea groups is 1. The Morgan fingerprint density at radius 3 is 2.37 bits per heavy atom. The van der Waals surface area contributed by atoms with Crippen LogP contribution in [-0.4, -0.2) is 41.3 Å². The van der Waals surface area contributed by atoms with Crippen LogP contribution in [0.2, 0.25) is 10.0 Å². The van der Waals surface area contributed by atoms with Crippen LogP contribution in [-0.2, 0) is 27.3 Å². The number of amides is 2. The summed E-state index contributed by atoms with van der Waals surface area (Å²) in [6.07, 6.45) is 7.03. The number of benzene rings is 3. The van der Waals surface area contributed by atoms with Gasteiger partial charge >= 0.3 is 6.03 Å². The Kier molecular flexibility index (Phi) is 9.76. The number of aromatic amines is 1. The van der Waals surface area contributed by atoms with Crippen LogP contribution in [0.4, 0.5) is 16.2 Å². The second-order valence-electron chi connectivity index (χ2n) is 10.3. The first-order valence-corrected chi connectivity index (χ1v) is 16.2. The highest BCUT2D eigenvalue weighted by atomic mass is 35.5. The number of anilines is 2. The number of aromatic nitrogens is 4. The number of hydrogen-bond donors (Lipinski definition) is 2. The highest BCUT2D eigenvalue weighted by molar-refractivity contribution is 7.86. The fourth-order valence-electron chi connectivity index (χ4n) is 4.93. The molecular formula is C30H30Cl2N6O4S. The molecule has 0 saturated heterocycles. The molecule has 224 valence electrons. The number of halogens is 2. The van der Waals surface area contributed by atoms with Crippen LogP contribution < -0.4 is 10.2 Å². The Morgan fingerprint density at radius 1 is 1.05 bits per heavy atom. The third kappa shape index (κ3) is 8.64. The monoisotopic (exact) mass is 640 g/mol. The molecule has 0 radical (unpaired) electrons. The van der Waals surface area contributed by atoms with Crippen molar-refractivity contribution in [3.63, 3.8) is 0 Å². The van der Waals surface area contributed by atoms with Gasteiger partial charge in [0.05, 0.1) is 12.8 Å². The molecular weight excluding hydrogens is 611 g/mol. The summed E-state index contributed by atoms with van der Waals surface area (Å²) in [6, 6.07) is 19.6. The lowest BCUT2D eigenvalue weighted by Crippen LogP contribution is -2.34. The summed E-state index contributed by atoms with van der Waals surface area (Å²) < 4.78 is 29.2. The predicted octanol–water partition coefficient (Wildman–Crippen LogP) is 6.96. The standard InChI is InChI=1S/C30H30Cl2N6O4S/c1-43(40,41)42-28(18-29-34-36-37-35-29)23-9-7-20(8-10-23)19-38(30(39)33-26-16-24(31)15-25(32)17-26)27-13-11-22(12-14-27)21-5-3-2-4-6-21/h5,7-17,28H,2-4,6,18-19H2,1H3,(H,33,39)(H,34,35,36,37). The fourth-order valence-corrected chi connectivity index (χ4v) is 6.05. The fraction of sp³-hybridized carbons (Fsp3) is 0.267. The summed E-state index contributed by atoms with van der Waals surface area (Å²) in [7, 11) is -3.77. The van der Waals surface area contributed by atoms with E-state index < -0.39 is 16.2 Å². The lowest BCUT2D eigenvalue weighted by Gasteiger charge is -2.25. The Balaban J connectivity index is 1.40. The SMILES string of the molecule is CS(=O)(=O)OC(Cc1nn[nH]n1)c1ccc(CN(C(=O)Nc2cc(Cl)cc(Cl)c2)c2ccc(C3=CCCCC3)cc2)cc1. The van der Waals surface area contributed by atoms with Crippen LogP contribution in [0.3, 0.4) is 0 Å². The van der Waals surface area contributed by atoms with Gasteiger partial charge in [0.1, 0.15) is 6.10 Å². The molecule has 1 atom stereocenters. The normalized spacial score (nSPS) is 14.2. The van der Waals surface area contributed by atoms with Crippen LogP contribution in [0.15, 0.2) is 72.8 Å². The summed E-state index contributed by atoms with van der Waals surface area (Å²) in [5, 5.41) is 17.4. The zero-order valence-electron chi connectivity index (χ0n) is 23.3. The number of nitrogens with one attached hydrogen (secondary N) is 2. The maximum Gasteiger partial charge on any atom is 0.326 e. The van der Waals surface area contributed by atoms with Crippen LogP contribution in [0, 0.1) is 0 Å². The third-order valence-corrected chi connectivity index (χ3v) is 7.96. The topological polar surface area (TPSA) is 130 Å². The summed E-state index contributed by atoms with van der Waals surface area (Å²) >= 11 is 12.3. The van der Waals surface area contributed by atoms with Gasteiger partial charge in [0, 0.05) is 27.8 Å². The number of H-pyrrole nitrogens is 1. The molecule has 3 aromatic carbocycles. The van der Waals surface area contributed by atoms with Crippen molar-refractivity contribution >= 4 is 56.3 Å². The highest BCUT2D eigenvalue weighted by Gasteiger charge is 2.22. The molecule has 1 aliphatic rings. The second-order valence-corrected chi connectivity index (χ2v) is 12.7. The zero-order chi connectivity index (χ0) is 30.4. The largest absolute Gasteiger partial charge is 0.326 e. The maximum atomic E-state index is 13.6. The average Bonchev–Trinajstić information content (AvgIpc) is 3.48. The molecule has 0 bridgehead atoms. The quantitative estimate of drug-likeness (QED) is 0.179. The summed E-state index contributed by atoms with van der Waals surface area (Å²) in [4.78, 5) is 15.3. The molecule has 4 aromatic rings. The van der Waals surface area contributed by atoms with Crippen molar-refractivity contribution in [2.45, 2.75) is 44.8 Å². The summed E-state index contributed by atoms with van der Waals surface area (Å²) in [5.41, 5.74) is 5.05. The van der Waals surface area contributed by atoms with Crippen molar-refractivity contribution in [3.05, 3.63) is 105 Å². The minimum atomic E-state index is -3.77. The molecule has 0 saturated carbocycles. The lowest BCUT2D eigenvalue weighted by atomic mass is 9.93. The summed E-state index contributed by atoms with van der Waals surface area (Å²) in [6.45, 7) is 0.227. The van der Waals surface area contributed by atoms with Crippen molar-refractivity contribution in [1.82, 2.24) is 20.6 Å². The molecule has 1 aliphatic carbocycles. The van der Waals surface area contributed by atoms with Crippen LogP contribution in [0.1, 0.15) is 54.3 Å². The Bertz CT molecular complexity index is 1680. The Hall–Kier alpha value is -3.77. The Labute approximate surface area is 260 Å². The van der Waals surface area contributed by atoms with Crippen molar-refractivity contribution in [2.75, 3.05) is 16.5 Å². The van der Waals surface area contributed by atoms with Crippen molar-refractivity contribution in [2.24, 2.45) is 0 Å². The zero-order valence-corrected chi connectivity index (χ0v) is 25.7. The van der Waals surface area contributed by atoms with E-state index in [1.54, 1.807) is 35.2 Å². The molecule has 0 spiro atoms. The first-order chi connectivity index (χ1) is 20.6. The third-order valence-electron chi connectivity index (χ3n) is 6.94. The molecule has 13 heteroatoms. The van der Waals surface area contributed by atoms with Gasteiger partial charge in [0.2, 0.25) is 0 Å². The average molecular weight is 642 g/mol. The molecule has 43 heavy (non-hydrogen) atoms. The lowest BCUT2D eigenvalue weighted by molar-refractivity contribution is 0.213. The molecule has 1 heterocycles. The van der Waals surface area contributed by atoms with E-state index in [4.69, 9.17) is 27.4 Å². The smallest absolute Gasteiger partial charge is 0.307 e. The molecule has 2 amide bonds. The van der Waals surface area contributed by atoms with Gasteiger partial charge in [-0.2, -0.15) is 13.6 Å². The highest BCUT2D eigenvalue weighted by Crippen LogP contribution is 2.30. The van der Waals surface area contributed by atoms with Gasteiger partial charge in [0.25, 0.3) is 10.1 Å². The van der Waals surface area contributed by atoms with Crippen LogP contribution >= 0.6 is 23.2 Å². The van der Waals surface area contributed by atoms with Crippen LogP contribution in [0.5, 0.6) is 0 Å². The van der Waals surface area contributed by atoms with Gasteiger partial charge in [0.15, 0.2) is 5.82 Å². The molecule has 1 aromatic heterocycles. The predicted molar refractivity (Wildman–Crippen MR) is 168 cm³/mol. The minimum Gasteiger partial charge on any atom is -0.307 e. The number of rotatable bonds is 10. The maximum absolute atomic E-state index is 13.6. The van der Waals surface area contributed by atoms with Crippen molar-refractivity contribution in [3.8, 4) is 0 Å². The van der Waals surface area contributed by atoms with Gasteiger partial charge in [-0.1, -0.05) is 70.9 Å². The first kappa shape index (κ1) is 30.7. The minimum absolute atomic E-state index is 0.0996. The number of allylic oxidation sites excluding steroid dienone is 2. The number of nitrogens with zero attached hydrogens (tertiary/aromatic N) is 4. The van der Waals surface area contributed by atoms with Gasteiger partial charge in [-0.05, 0) is 78.3 Å². The van der Waals surface area contributed by atoms with E-state index in [2.05, 4.69) is 32.0 Å². The van der Waals surface area contributed by atoms with Gasteiger partial charge in [-0.25, -0.2) is 4.79 Å². The first-order valence-electron chi connectivity index (χ1n) is 13.7. The van der Waals surface area contributed by atoms with Gasteiger partial charge in [-0.15, -0.1) is 10.2 Å². The number of hydrogen-bond acceptors (Lipinski definition) is 7.